The Kier molecular flexibility index (Phi) is 6.36. The Morgan fingerprint density at radius 1 is 1.37 bits per heavy atom. The Morgan fingerprint density at radius 2 is 2.15 bits per heavy atom. The van der Waals surface area contributed by atoms with E-state index in [1.54, 1.807) is 0 Å². The van der Waals surface area contributed by atoms with E-state index in [0.717, 1.165) is 5.56 Å². The van der Waals surface area contributed by atoms with Crippen LogP contribution < -0.4 is 11.4 Å². The van der Waals surface area contributed by atoms with Crippen LogP contribution in [0.2, 0.25) is 0 Å². The van der Waals surface area contributed by atoms with Gasteiger partial charge in [0, 0.05) is 18.2 Å². The van der Waals surface area contributed by atoms with E-state index in [1.807, 2.05) is 42.5 Å². The van der Waals surface area contributed by atoms with Crippen molar-refractivity contribution in [3.05, 3.63) is 64.2 Å². The summed E-state index contributed by atoms with van der Waals surface area (Å²) < 4.78 is 12.4. The number of anilines is 1. The van der Waals surface area contributed by atoms with Gasteiger partial charge >= 0.3 is 5.69 Å². The fourth-order valence-electron chi connectivity index (χ4n) is 2.87. The SMILES string of the molecule is Nc1nc(=O)n([C@H]2C[C@H](O)[C@@H](CO)O2)cc1COCC=Cc1ccccc1. The maximum absolute atomic E-state index is 12.1. The van der Waals surface area contributed by atoms with Crippen molar-refractivity contribution in [2.24, 2.45) is 0 Å². The highest BCUT2D eigenvalue weighted by atomic mass is 16.5. The Morgan fingerprint density at radius 3 is 2.85 bits per heavy atom. The van der Waals surface area contributed by atoms with Crippen molar-refractivity contribution >= 4 is 11.9 Å². The quantitative estimate of drug-likeness (QED) is 0.611. The van der Waals surface area contributed by atoms with E-state index < -0.39 is 24.1 Å². The van der Waals surface area contributed by atoms with Crippen molar-refractivity contribution in [1.29, 1.82) is 0 Å². The molecular weight excluding hydrogens is 350 g/mol. The zero-order valence-corrected chi connectivity index (χ0v) is 14.8. The molecular formula is C19H23N3O5. The molecule has 8 heteroatoms. The van der Waals surface area contributed by atoms with E-state index in [-0.39, 0.29) is 25.5 Å². The van der Waals surface area contributed by atoms with Crippen molar-refractivity contribution in [3.63, 3.8) is 0 Å². The minimum Gasteiger partial charge on any atom is -0.394 e. The number of aromatic nitrogens is 2. The van der Waals surface area contributed by atoms with Gasteiger partial charge < -0.3 is 25.4 Å². The molecule has 0 unspecified atom stereocenters. The molecule has 8 nitrogen and oxygen atoms in total. The van der Waals surface area contributed by atoms with Crippen molar-refractivity contribution in [1.82, 2.24) is 9.55 Å². The molecule has 0 amide bonds. The van der Waals surface area contributed by atoms with Gasteiger partial charge in [0.15, 0.2) is 0 Å². The van der Waals surface area contributed by atoms with Gasteiger partial charge in [-0.1, -0.05) is 42.5 Å². The Bertz CT molecular complexity index is 837. The molecule has 144 valence electrons. The maximum atomic E-state index is 12.1. The first-order valence-corrected chi connectivity index (χ1v) is 8.69. The normalized spacial score (nSPS) is 22.5. The van der Waals surface area contributed by atoms with E-state index in [4.69, 9.17) is 15.2 Å². The van der Waals surface area contributed by atoms with Gasteiger partial charge in [0.2, 0.25) is 0 Å². The minimum absolute atomic E-state index is 0.0977. The van der Waals surface area contributed by atoms with Crippen LogP contribution in [0.3, 0.4) is 0 Å². The zero-order chi connectivity index (χ0) is 19.2. The molecule has 3 atom stereocenters. The average Bonchev–Trinajstić information content (AvgIpc) is 3.04. The van der Waals surface area contributed by atoms with E-state index in [1.165, 1.54) is 10.8 Å². The molecule has 0 spiro atoms. The molecule has 27 heavy (non-hydrogen) atoms. The van der Waals surface area contributed by atoms with Crippen LogP contribution in [0.5, 0.6) is 0 Å². The van der Waals surface area contributed by atoms with Crippen molar-refractivity contribution < 1.29 is 19.7 Å². The molecule has 1 aliphatic heterocycles. The molecule has 0 aliphatic carbocycles. The average molecular weight is 373 g/mol. The molecule has 1 saturated heterocycles. The molecule has 1 fully saturated rings. The number of aliphatic hydroxyl groups excluding tert-OH is 2. The fourth-order valence-corrected chi connectivity index (χ4v) is 2.87. The van der Waals surface area contributed by atoms with Crippen LogP contribution in [0, 0.1) is 0 Å². The van der Waals surface area contributed by atoms with Crippen molar-refractivity contribution in [2.45, 2.75) is 31.5 Å². The maximum Gasteiger partial charge on any atom is 0.351 e. The lowest BCUT2D eigenvalue weighted by molar-refractivity contribution is -0.0460. The van der Waals surface area contributed by atoms with Crippen LogP contribution in [0.15, 0.2) is 47.4 Å². The molecule has 0 saturated carbocycles. The van der Waals surface area contributed by atoms with Crippen molar-refractivity contribution in [3.8, 4) is 0 Å². The summed E-state index contributed by atoms with van der Waals surface area (Å²) in [6.45, 7) is 0.230. The van der Waals surface area contributed by atoms with Gasteiger partial charge in [0.25, 0.3) is 0 Å². The summed E-state index contributed by atoms with van der Waals surface area (Å²) >= 11 is 0. The van der Waals surface area contributed by atoms with Crippen LogP contribution >= 0.6 is 0 Å². The monoisotopic (exact) mass is 373 g/mol. The number of nitrogens with zero attached hydrogens (tertiary/aromatic N) is 2. The molecule has 2 heterocycles. The summed E-state index contributed by atoms with van der Waals surface area (Å²) in [7, 11) is 0. The molecule has 2 aromatic rings. The van der Waals surface area contributed by atoms with Crippen LogP contribution in [0.25, 0.3) is 6.08 Å². The summed E-state index contributed by atoms with van der Waals surface area (Å²) in [4.78, 5) is 15.9. The third kappa shape index (κ3) is 4.81. The minimum atomic E-state index is -0.840. The molecule has 1 aromatic carbocycles. The van der Waals surface area contributed by atoms with Gasteiger partial charge in [-0.05, 0) is 5.56 Å². The number of nitrogen functional groups attached to an aromatic ring is 1. The second kappa shape index (κ2) is 8.92. The largest absolute Gasteiger partial charge is 0.394 e. The van der Waals surface area contributed by atoms with Crippen LogP contribution in [-0.2, 0) is 16.1 Å². The van der Waals surface area contributed by atoms with E-state index in [2.05, 4.69) is 4.98 Å². The van der Waals surface area contributed by atoms with Gasteiger partial charge in [-0.3, -0.25) is 4.57 Å². The summed E-state index contributed by atoms with van der Waals surface area (Å²) in [5.74, 6) is 0.0977. The second-order valence-corrected chi connectivity index (χ2v) is 6.28. The third-order valence-electron chi connectivity index (χ3n) is 4.34. The number of hydrogen-bond donors (Lipinski definition) is 3. The van der Waals surface area contributed by atoms with Crippen LogP contribution in [0.1, 0.15) is 23.8 Å². The highest BCUT2D eigenvalue weighted by molar-refractivity contribution is 5.48. The summed E-state index contributed by atoms with van der Waals surface area (Å²) in [6.07, 6.45) is 3.30. The number of rotatable bonds is 7. The standard InChI is InChI=1S/C19H23N3O5/c20-18-14(12-26-8-4-7-13-5-2-1-3-6-13)10-22(19(25)21-18)17-9-15(24)16(11-23)27-17/h1-7,10,15-17,23-24H,8-9,11-12H2,(H2,20,21,25)/t15-,16+,17+/m0/s1. The first-order valence-electron chi connectivity index (χ1n) is 8.69. The van der Waals surface area contributed by atoms with Gasteiger partial charge in [0.1, 0.15) is 18.1 Å². The van der Waals surface area contributed by atoms with Crippen LogP contribution in [0.4, 0.5) is 5.82 Å². The number of aliphatic hydroxyl groups is 2. The zero-order valence-electron chi connectivity index (χ0n) is 14.8. The molecule has 4 N–H and O–H groups in total. The molecule has 1 aromatic heterocycles. The van der Waals surface area contributed by atoms with Crippen molar-refractivity contribution in [2.75, 3.05) is 18.9 Å². The van der Waals surface area contributed by atoms with E-state index in [9.17, 15) is 15.0 Å². The third-order valence-corrected chi connectivity index (χ3v) is 4.34. The lowest BCUT2D eigenvalue weighted by atomic mass is 10.2. The highest BCUT2D eigenvalue weighted by Gasteiger charge is 2.35. The highest BCUT2D eigenvalue weighted by Crippen LogP contribution is 2.27. The molecule has 0 bridgehead atoms. The topological polar surface area (TPSA) is 120 Å². The predicted octanol–water partition coefficient (Wildman–Crippen LogP) is 0.696. The van der Waals surface area contributed by atoms with Gasteiger partial charge in [-0.25, -0.2) is 4.79 Å². The fraction of sp³-hybridized carbons (Fsp3) is 0.368. The lowest BCUT2D eigenvalue weighted by Crippen LogP contribution is -2.29. The molecule has 3 rings (SSSR count). The first-order chi connectivity index (χ1) is 13.1. The van der Waals surface area contributed by atoms with Crippen LogP contribution in [-0.4, -0.2) is 45.2 Å². The van der Waals surface area contributed by atoms with Gasteiger partial charge in [-0.2, -0.15) is 4.98 Å². The molecule has 0 radical (unpaired) electrons. The van der Waals surface area contributed by atoms with E-state index in [0.29, 0.717) is 12.2 Å². The number of hydrogen-bond acceptors (Lipinski definition) is 7. The number of benzene rings is 1. The first kappa shape index (κ1) is 19.2. The Hall–Kier alpha value is -2.52. The predicted molar refractivity (Wildman–Crippen MR) is 99.7 cm³/mol. The Balaban J connectivity index is 1.62. The van der Waals surface area contributed by atoms with E-state index >= 15 is 0 Å². The Labute approximate surface area is 156 Å². The number of ether oxygens (including phenoxy) is 2. The number of nitrogens with two attached hydrogens (primary N) is 1. The smallest absolute Gasteiger partial charge is 0.351 e. The summed E-state index contributed by atoms with van der Waals surface area (Å²) in [6, 6.07) is 9.85. The molecule has 1 aliphatic rings. The second-order valence-electron chi connectivity index (χ2n) is 6.28. The summed E-state index contributed by atoms with van der Waals surface area (Å²) in [5, 5.41) is 19.0. The lowest BCUT2D eigenvalue weighted by Gasteiger charge is -2.16. The summed E-state index contributed by atoms with van der Waals surface area (Å²) in [5.41, 5.74) is 6.87. The van der Waals surface area contributed by atoms with Gasteiger partial charge in [-0.15, -0.1) is 0 Å². The van der Waals surface area contributed by atoms with Gasteiger partial charge in [0.05, 0.1) is 25.9 Å².